The lowest BCUT2D eigenvalue weighted by Crippen LogP contribution is -2.39. The van der Waals surface area contributed by atoms with E-state index in [1.807, 2.05) is 12.1 Å². The standard InChI is InChI=1S/C20H33N3O3.HI/c1-3-21-20(22-11-5-13-24-16-19-6-4-14-25-19)23-12-15-26-18-9-7-17(2)8-10-18;/h7-10,19H,3-6,11-16H2,1-2H3,(H2,21,22,23);1H. The van der Waals surface area contributed by atoms with Gasteiger partial charge in [-0.2, -0.15) is 0 Å². The zero-order valence-electron chi connectivity index (χ0n) is 16.5. The number of rotatable bonds is 11. The summed E-state index contributed by atoms with van der Waals surface area (Å²) in [6.45, 7) is 9.30. The van der Waals surface area contributed by atoms with Gasteiger partial charge < -0.3 is 24.8 Å². The molecule has 0 bridgehead atoms. The second-order valence-electron chi connectivity index (χ2n) is 6.41. The summed E-state index contributed by atoms with van der Waals surface area (Å²) in [6, 6.07) is 8.08. The molecule has 0 aromatic heterocycles. The summed E-state index contributed by atoms with van der Waals surface area (Å²) in [7, 11) is 0. The molecule has 1 fully saturated rings. The molecule has 7 heteroatoms. The van der Waals surface area contributed by atoms with Gasteiger partial charge in [0.05, 0.1) is 19.3 Å². The van der Waals surface area contributed by atoms with E-state index in [2.05, 4.69) is 41.6 Å². The molecule has 0 amide bonds. The van der Waals surface area contributed by atoms with Crippen LogP contribution in [0.3, 0.4) is 0 Å². The van der Waals surface area contributed by atoms with Crippen LogP contribution in [0.4, 0.5) is 0 Å². The number of ether oxygens (including phenoxy) is 3. The second-order valence-corrected chi connectivity index (χ2v) is 6.41. The van der Waals surface area contributed by atoms with Gasteiger partial charge in [-0.15, -0.1) is 24.0 Å². The summed E-state index contributed by atoms with van der Waals surface area (Å²) >= 11 is 0. The average Bonchev–Trinajstić information content (AvgIpc) is 3.16. The molecule has 1 aromatic rings. The molecule has 1 aromatic carbocycles. The quantitative estimate of drug-likeness (QED) is 0.216. The number of hydrogen-bond acceptors (Lipinski definition) is 4. The van der Waals surface area contributed by atoms with Crippen LogP contribution in [-0.2, 0) is 9.47 Å². The van der Waals surface area contributed by atoms with Crippen molar-refractivity contribution >= 4 is 29.9 Å². The molecule has 0 spiro atoms. The summed E-state index contributed by atoms with van der Waals surface area (Å²) < 4.78 is 16.9. The number of guanidine groups is 1. The van der Waals surface area contributed by atoms with Crippen LogP contribution in [0.1, 0.15) is 31.7 Å². The smallest absolute Gasteiger partial charge is 0.191 e. The number of aliphatic imine (C=N–C) groups is 1. The molecule has 0 radical (unpaired) electrons. The largest absolute Gasteiger partial charge is 0.492 e. The predicted molar refractivity (Wildman–Crippen MR) is 120 cm³/mol. The zero-order valence-corrected chi connectivity index (χ0v) is 18.9. The van der Waals surface area contributed by atoms with Crippen LogP contribution in [0.25, 0.3) is 0 Å². The third-order valence-electron chi connectivity index (χ3n) is 4.07. The molecule has 1 atom stereocenters. The zero-order chi connectivity index (χ0) is 18.5. The van der Waals surface area contributed by atoms with E-state index in [1.165, 1.54) is 5.56 Å². The SMILES string of the molecule is CCNC(=NCCCOCC1CCCO1)NCCOc1ccc(C)cc1.I. The summed E-state index contributed by atoms with van der Waals surface area (Å²) in [5.74, 6) is 1.71. The lowest BCUT2D eigenvalue weighted by atomic mass is 10.2. The van der Waals surface area contributed by atoms with Crippen molar-refractivity contribution in [2.75, 3.05) is 46.1 Å². The van der Waals surface area contributed by atoms with Crippen LogP contribution >= 0.6 is 24.0 Å². The topological polar surface area (TPSA) is 64.1 Å². The normalized spacial score (nSPS) is 16.7. The van der Waals surface area contributed by atoms with Gasteiger partial charge in [0, 0.05) is 26.3 Å². The van der Waals surface area contributed by atoms with Crippen molar-refractivity contribution < 1.29 is 14.2 Å². The molecule has 1 heterocycles. The van der Waals surface area contributed by atoms with Gasteiger partial charge in [-0.25, -0.2) is 0 Å². The predicted octanol–water partition coefficient (Wildman–Crippen LogP) is 3.13. The fourth-order valence-corrected chi connectivity index (χ4v) is 2.66. The maximum absolute atomic E-state index is 5.72. The Hall–Kier alpha value is -1.06. The molecule has 27 heavy (non-hydrogen) atoms. The molecule has 1 aliphatic rings. The van der Waals surface area contributed by atoms with E-state index < -0.39 is 0 Å². The summed E-state index contributed by atoms with van der Waals surface area (Å²) in [4.78, 5) is 4.57. The maximum atomic E-state index is 5.72. The summed E-state index contributed by atoms with van der Waals surface area (Å²) in [5, 5.41) is 6.54. The Labute approximate surface area is 180 Å². The molecular formula is C20H34IN3O3. The maximum Gasteiger partial charge on any atom is 0.191 e. The lowest BCUT2D eigenvalue weighted by Gasteiger charge is -2.12. The highest BCUT2D eigenvalue weighted by Gasteiger charge is 2.14. The lowest BCUT2D eigenvalue weighted by molar-refractivity contribution is 0.0171. The number of hydrogen-bond donors (Lipinski definition) is 2. The molecule has 6 nitrogen and oxygen atoms in total. The van der Waals surface area contributed by atoms with E-state index in [9.17, 15) is 0 Å². The third kappa shape index (κ3) is 10.8. The van der Waals surface area contributed by atoms with E-state index >= 15 is 0 Å². The molecular weight excluding hydrogens is 457 g/mol. The van der Waals surface area contributed by atoms with Crippen LogP contribution in [0.2, 0.25) is 0 Å². The first-order valence-electron chi connectivity index (χ1n) is 9.69. The summed E-state index contributed by atoms with van der Waals surface area (Å²) in [6.07, 6.45) is 3.48. The minimum absolute atomic E-state index is 0. The molecule has 0 aliphatic carbocycles. The number of nitrogens with one attached hydrogen (secondary N) is 2. The molecule has 2 N–H and O–H groups in total. The monoisotopic (exact) mass is 491 g/mol. The van der Waals surface area contributed by atoms with Crippen LogP contribution < -0.4 is 15.4 Å². The Morgan fingerprint density at radius 3 is 2.74 bits per heavy atom. The first kappa shape index (κ1) is 24.0. The number of aryl methyl sites for hydroxylation is 1. The number of halogens is 1. The van der Waals surface area contributed by atoms with Gasteiger partial charge in [0.2, 0.25) is 0 Å². The van der Waals surface area contributed by atoms with E-state index in [0.29, 0.717) is 25.9 Å². The average molecular weight is 491 g/mol. The van der Waals surface area contributed by atoms with Crippen LogP contribution in [0, 0.1) is 6.92 Å². The second kappa shape index (κ2) is 14.9. The van der Waals surface area contributed by atoms with Gasteiger partial charge in [-0.05, 0) is 45.2 Å². The van der Waals surface area contributed by atoms with Gasteiger partial charge in [0.25, 0.3) is 0 Å². The van der Waals surface area contributed by atoms with Crippen molar-refractivity contribution in [3.63, 3.8) is 0 Å². The molecule has 1 aliphatic heterocycles. The molecule has 1 saturated heterocycles. The Kier molecular flexibility index (Phi) is 13.3. The van der Waals surface area contributed by atoms with Gasteiger partial charge >= 0.3 is 0 Å². The van der Waals surface area contributed by atoms with Crippen LogP contribution in [0.5, 0.6) is 5.75 Å². The minimum atomic E-state index is 0. The Morgan fingerprint density at radius 1 is 1.22 bits per heavy atom. The third-order valence-corrected chi connectivity index (χ3v) is 4.07. The fourth-order valence-electron chi connectivity index (χ4n) is 2.66. The van der Waals surface area contributed by atoms with Gasteiger partial charge in [-0.3, -0.25) is 4.99 Å². The van der Waals surface area contributed by atoms with Crippen LogP contribution in [0.15, 0.2) is 29.3 Å². The summed E-state index contributed by atoms with van der Waals surface area (Å²) in [5.41, 5.74) is 1.23. The van der Waals surface area contributed by atoms with Crippen molar-refractivity contribution in [1.82, 2.24) is 10.6 Å². The van der Waals surface area contributed by atoms with Crippen molar-refractivity contribution in [3.8, 4) is 5.75 Å². The highest BCUT2D eigenvalue weighted by Crippen LogP contribution is 2.12. The van der Waals surface area contributed by atoms with Gasteiger partial charge in [-0.1, -0.05) is 17.7 Å². The van der Waals surface area contributed by atoms with Crippen LogP contribution in [-0.4, -0.2) is 58.1 Å². The molecule has 154 valence electrons. The Balaban J connectivity index is 0.00000364. The highest BCUT2D eigenvalue weighted by atomic mass is 127. The van der Waals surface area contributed by atoms with Crippen molar-refractivity contribution in [1.29, 1.82) is 0 Å². The van der Waals surface area contributed by atoms with E-state index in [0.717, 1.165) is 57.3 Å². The number of nitrogens with zero attached hydrogens (tertiary/aromatic N) is 1. The molecule has 1 unspecified atom stereocenters. The first-order chi connectivity index (χ1) is 12.8. The molecule has 0 saturated carbocycles. The van der Waals surface area contributed by atoms with Gasteiger partial charge in [0.1, 0.15) is 12.4 Å². The number of benzene rings is 1. The molecule has 2 rings (SSSR count). The Morgan fingerprint density at radius 2 is 2.04 bits per heavy atom. The van der Waals surface area contributed by atoms with Gasteiger partial charge in [0.15, 0.2) is 5.96 Å². The Bertz CT molecular complexity index is 520. The van der Waals surface area contributed by atoms with Crippen molar-refractivity contribution in [2.45, 2.75) is 39.2 Å². The fraction of sp³-hybridized carbons (Fsp3) is 0.650. The van der Waals surface area contributed by atoms with Crippen molar-refractivity contribution in [3.05, 3.63) is 29.8 Å². The van der Waals surface area contributed by atoms with E-state index in [1.54, 1.807) is 0 Å². The highest BCUT2D eigenvalue weighted by molar-refractivity contribution is 14.0. The van der Waals surface area contributed by atoms with E-state index in [-0.39, 0.29) is 24.0 Å². The van der Waals surface area contributed by atoms with E-state index in [4.69, 9.17) is 14.2 Å². The first-order valence-corrected chi connectivity index (χ1v) is 9.69. The van der Waals surface area contributed by atoms with Crippen molar-refractivity contribution in [2.24, 2.45) is 4.99 Å². The minimum Gasteiger partial charge on any atom is -0.492 e.